The Morgan fingerprint density at radius 3 is 1.71 bits per heavy atom. The highest BCUT2D eigenvalue weighted by atomic mass is 35.5. The normalized spacial score (nSPS) is 11.8. The lowest BCUT2D eigenvalue weighted by Crippen LogP contribution is -2.01. The fourth-order valence-electron chi connectivity index (χ4n) is 4.00. The fraction of sp³-hybridized carbons (Fsp3) is 0.773. The Morgan fingerprint density at radius 2 is 1.19 bits per heavy atom. The molecule has 0 spiro atoms. The van der Waals surface area contributed by atoms with E-state index in [0.29, 0.717) is 17.0 Å². The molecule has 0 fully saturated rings. The van der Waals surface area contributed by atoms with Crippen LogP contribution in [0.25, 0.3) is 11.2 Å². The Bertz CT molecular complexity index is 774. The maximum Gasteiger partial charge on any atom is 0.225 e. The summed E-state index contributed by atoms with van der Waals surface area (Å²) in [6.45, 7) is 2.85. The van der Waals surface area contributed by atoms with Crippen LogP contribution in [0.4, 0.5) is 0 Å². The monoisotopic (exact) mass is 490 g/mol. The van der Waals surface area contributed by atoms with Crippen molar-refractivity contribution in [2.45, 2.75) is 103 Å². The van der Waals surface area contributed by atoms with Crippen LogP contribution in [0, 0.1) is 6.92 Å². The minimum atomic E-state index is -1.68. The molecule has 176 valence electrons. The van der Waals surface area contributed by atoms with Gasteiger partial charge in [0.05, 0.1) is 0 Å². The van der Waals surface area contributed by atoms with Gasteiger partial charge in [-0.2, -0.15) is 4.98 Å². The number of unbranched alkanes of at least 4 members (excludes halogenated alkanes) is 13. The van der Waals surface area contributed by atoms with E-state index >= 15 is 0 Å². The largest absolute Gasteiger partial charge is 0.350 e. The molecule has 0 atom stereocenters. The van der Waals surface area contributed by atoms with E-state index < -0.39 is 8.38 Å². The van der Waals surface area contributed by atoms with Crippen LogP contribution >= 0.6 is 31.6 Å². The number of aryl methyl sites for hydroxylation is 2. The molecule has 0 aliphatic heterocycles. The average molecular weight is 491 g/mol. The zero-order chi connectivity index (χ0) is 22.5. The smallest absolute Gasteiger partial charge is 0.225 e. The molecule has 0 radical (unpaired) electrons. The van der Waals surface area contributed by atoms with Crippen molar-refractivity contribution in [3.05, 3.63) is 16.3 Å². The second kappa shape index (κ2) is 15.3. The van der Waals surface area contributed by atoms with Crippen LogP contribution in [-0.2, 0) is 6.54 Å². The van der Waals surface area contributed by atoms with Crippen molar-refractivity contribution in [2.75, 3.05) is 6.16 Å². The molecule has 0 amide bonds. The third-order valence-corrected chi connectivity index (χ3v) is 6.86. The van der Waals surface area contributed by atoms with Crippen molar-refractivity contribution in [3.63, 3.8) is 0 Å². The Hall–Kier alpha value is -0.520. The molecule has 2 aromatic rings. The summed E-state index contributed by atoms with van der Waals surface area (Å²) in [5.74, 6) is 0.901. The van der Waals surface area contributed by atoms with E-state index in [2.05, 4.69) is 19.5 Å². The van der Waals surface area contributed by atoms with Gasteiger partial charge in [-0.15, -0.1) is 0 Å². The molecule has 0 aliphatic rings. The number of imidazole rings is 1. The Morgan fingerprint density at radius 1 is 0.710 bits per heavy atom. The van der Waals surface area contributed by atoms with Crippen LogP contribution in [0.1, 0.15) is 95.7 Å². The maximum atomic E-state index is 8.86. The second-order valence-corrected chi connectivity index (χ2v) is 10.2. The van der Waals surface area contributed by atoms with E-state index in [1.54, 1.807) is 0 Å². The molecule has 0 aromatic carbocycles. The number of fused-ring (bicyclic) bond motifs is 1. The van der Waals surface area contributed by atoms with E-state index in [9.17, 15) is 0 Å². The van der Waals surface area contributed by atoms with Crippen molar-refractivity contribution >= 4 is 42.7 Å². The van der Waals surface area contributed by atoms with Crippen molar-refractivity contribution in [3.8, 4) is 0 Å². The van der Waals surface area contributed by atoms with Crippen LogP contribution in [0.5, 0.6) is 0 Å². The Kier molecular flexibility index (Phi) is 13.2. The highest BCUT2D eigenvalue weighted by Crippen LogP contribution is 2.25. The second-order valence-electron chi connectivity index (χ2n) is 8.31. The molecule has 0 bridgehead atoms. The van der Waals surface area contributed by atoms with Gasteiger partial charge in [0.25, 0.3) is 0 Å². The van der Waals surface area contributed by atoms with E-state index in [1.165, 1.54) is 70.6 Å². The lowest BCUT2D eigenvalue weighted by atomic mass is 10.0. The van der Waals surface area contributed by atoms with Gasteiger partial charge < -0.3 is 14.4 Å². The number of rotatable bonds is 17. The summed E-state index contributed by atoms with van der Waals surface area (Å²) in [6.07, 6.45) is 18.1. The lowest BCUT2D eigenvalue weighted by molar-refractivity contribution is 0.477. The summed E-state index contributed by atoms with van der Waals surface area (Å²) < 4.78 is 2.10. The molecule has 31 heavy (non-hydrogen) atoms. The SMILES string of the molecule is Cc1nc2nc(Cl)nc(Cl)c2n1CCCCCCCCCCCCCCCCP(O)O. The molecular formula is C22H37Cl2N4O2P. The first-order valence-corrected chi connectivity index (χ1v) is 13.9. The Labute approximate surface area is 197 Å². The van der Waals surface area contributed by atoms with Crippen LogP contribution in [0.2, 0.25) is 10.4 Å². The predicted octanol–water partition coefficient (Wildman–Crippen LogP) is 7.20. The summed E-state index contributed by atoms with van der Waals surface area (Å²) >= 11 is 12.1. The van der Waals surface area contributed by atoms with Crippen molar-refractivity contribution < 1.29 is 9.79 Å². The number of aromatic nitrogens is 4. The molecule has 0 saturated heterocycles. The van der Waals surface area contributed by atoms with E-state index in [0.717, 1.165) is 37.1 Å². The molecule has 0 unspecified atom stereocenters. The standard InChI is InChI=1S/C22H37Cl2N4O2P/c1-18-25-21-19(20(23)26-22(24)27-21)28(18)16-14-12-10-8-6-4-2-3-5-7-9-11-13-15-17-31(29)30/h29-30H,2-17H2,1H3. The molecule has 0 aliphatic carbocycles. The molecule has 0 saturated carbocycles. The topological polar surface area (TPSA) is 84.1 Å². The first-order chi connectivity index (χ1) is 15.0. The summed E-state index contributed by atoms with van der Waals surface area (Å²) in [6, 6.07) is 0. The first kappa shape index (κ1) is 26.7. The van der Waals surface area contributed by atoms with Gasteiger partial charge >= 0.3 is 0 Å². The highest BCUT2D eigenvalue weighted by molar-refractivity contribution is 7.45. The van der Waals surface area contributed by atoms with Crippen LogP contribution in [0.15, 0.2) is 0 Å². The minimum Gasteiger partial charge on any atom is -0.350 e. The lowest BCUT2D eigenvalue weighted by Gasteiger charge is -2.07. The van der Waals surface area contributed by atoms with Gasteiger partial charge in [-0.3, -0.25) is 0 Å². The summed E-state index contributed by atoms with van der Waals surface area (Å²) in [5, 5.41) is 0.510. The van der Waals surface area contributed by atoms with Gasteiger partial charge in [0, 0.05) is 12.7 Å². The molecule has 2 heterocycles. The maximum absolute atomic E-state index is 8.86. The van der Waals surface area contributed by atoms with Crippen LogP contribution < -0.4 is 0 Å². The van der Waals surface area contributed by atoms with Crippen molar-refractivity contribution in [1.82, 2.24) is 19.5 Å². The molecule has 2 aromatic heterocycles. The third kappa shape index (κ3) is 10.3. The van der Waals surface area contributed by atoms with Gasteiger partial charge in [-0.25, -0.2) is 9.97 Å². The zero-order valence-electron chi connectivity index (χ0n) is 18.7. The van der Waals surface area contributed by atoms with Crippen molar-refractivity contribution in [2.24, 2.45) is 0 Å². The number of nitrogens with zero attached hydrogens (tertiary/aromatic N) is 4. The highest BCUT2D eigenvalue weighted by Gasteiger charge is 2.14. The molecular weight excluding hydrogens is 454 g/mol. The quantitative estimate of drug-likeness (QED) is 0.106. The van der Waals surface area contributed by atoms with Gasteiger partial charge in [0.15, 0.2) is 19.2 Å². The van der Waals surface area contributed by atoms with Gasteiger partial charge in [0.2, 0.25) is 5.28 Å². The number of hydrogen-bond acceptors (Lipinski definition) is 5. The summed E-state index contributed by atoms with van der Waals surface area (Å²) in [7, 11) is -1.68. The fourth-order valence-corrected chi connectivity index (χ4v) is 4.98. The molecule has 6 nitrogen and oxygen atoms in total. The van der Waals surface area contributed by atoms with Crippen molar-refractivity contribution in [1.29, 1.82) is 0 Å². The van der Waals surface area contributed by atoms with Gasteiger partial charge in [-0.1, -0.05) is 88.7 Å². The predicted molar refractivity (Wildman–Crippen MR) is 131 cm³/mol. The first-order valence-electron chi connectivity index (χ1n) is 11.7. The van der Waals surface area contributed by atoms with Gasteiger partial charge in [0.1, 0.15) is 11.3 Å². The van der Waals surface area contributed by atoms with E-state index in [1.807, 2.05) is 6.92 Å². The average Bonchev–Trinajstić information content (AvgIpc) is 3.02. The minimum absolute atomic E-state index is 0.137. The van der Waals surface area contributed by atoms with Crippen LogP contribution in [-0.4, -0.2) is 35.5 Å². The summed E-state index contributed by atoms with van der Waals surface area (Å²) in [4.78, 5) is 30.4. The van der Waals surface area contributed by atoms with Gasteiger partial charge in [-0.05, 0) is 31.4 Å². The molecule has 2 rings (SSSR count). The van der Waals surface area contributed by atoms with Crippen LogP contribution in [0.3, 0.4) is 0 Å². The van der Waals surface area contributed by atoms with E-state index in [-0.39, 0.29) is 5.28 Å². The third-order valence-electron chi connectivity index (χ3n) is 5.71. The zero-order valence-corrected chi connectivity index (χ0v) is 21.1. The molecule has 9 heteroatoms. The Balaban J connectivity index is 1.44. The number of hydrogen-bond donors (Lipinski definition) is 2. The number of halogens is 2. The van der Waals surface area contributed by atoms with E-state index in [4.69, 9.17) is 33.0 Å². The summed E-state index contributed by atoms with van der Waals surface area (Å²) in [5.41, 5.74) is 1.36. The molecule has 2 N–H and O–H groups in total.